The van der Waals surface area contributed by atoms with Crippen molar-refractivity contribution >= 4 is 17.3 Å². The Balaban J connectivity index is 1.89. The molecule has 2 rings (SSSR count). The van der Waals surface area contributed by atoms with Gasteiger partial charge in [-0.15, -0.1) is 11.3 Å². The Morgan fingerprint density at radius 2 is 2.44 bits per heavy atom. The molecule has 0 saturated heterocycles. The summed E-state index contributed by atoms with van der Waals surface area (Å²) in [4.78, 5) is 15.8. The number of unbranched alkanes of at least 4 members (excludes halogenated alkanes) is 1. The van der Waals surface area contributed by atoms with E-state index < -0.39 is 0 Å². The molecule has 0 spiro atoms. The van der Waals surface area contributed by atoms with Gasteiger partial charge < -0.3 is 9.15 Å². The fraction of sp³-hybridized carbons (Fsp3) is 0.385. The van der Waals surface area contributed by atoms with Crippen molar-refractivity contribution in [2.75, 3.05) is 6.61 Å². The Labute approximate surface area is 110 Å². The van der Waals surface area contributed by atoms with Crippen LogP contribution in [0.4, 0.5) is 0 Å². The van der Waals surface area contributed by atoms with Crippen LogP contribution < -0.4 is 0 Å². The number of nitrogens with zero attached hydrogens (tertiary/aromatic N) is 1. The molecule has 0 bridgehead atoms. The minimum Gasteiger partial charge on any atom is -0.465 e. The van der Waals surface area contributed by atoms with Crippen LogP contribution in [0.3, 0.4) is 0 Å². The van der Waals surface area contributed by atoms with E-state index in [4.69, 9.17) is 9.15 Å². The molecule has 2 aromatic heterocycles. The summed E-state index contributed by atoms with van der Waals surface area (Å²) >= 11 is 1.46. The number of thiazole rings is 1. The average Bonchev–Trinajstić information content (AvgIpc) is 2.98. The van der Waals surface area contributed by atoms with Gasteiger partial charge in [0.05, 0.1) is 25.0 Å². The van der Waals surface area contributed by atoms with E-state index in [0.717, 1.165) is 29.3 Å². The van der Waals surface area contributed by atoms with Gasteiger partial charge >= 0.3 is 5.97 Å². The smallest absolute Gasteiger partial charge is 0.311 e. The molecule has 2 heterocycles. The summed E-state index contributed by atoms with van der Waals surface area (Å²) in [7, 11) is 0. The Morgan fingerprint density at radius 1 is 1.56 bits per heavy atom. The summed E-state index contributed by atoms with van der Waals surface area (Å²) in [6.45, 7) is 2.55. The Morgan fingerprint density at radius 3 is 3.17 bits per heavy atom. The molecule has 0 aliphatic heterocycles. The number of esters is 1. The molecule has 0 atom stereocenters. The van der Waals surface area contributed by atoms with E-state index in [1.165, 1.54) is 11.3 Å². The van der Waals surface area contributed by atoms with Crippen LogP contribution >= 0.6 is 11.3 Å². The summed E-state index contributed by atoms with van der Waals surface area (Å²) in [5.41, 5.74) is 0.730. The first-order valence-electron chi connectivity index (χ1n) is 5.93. The van der Waals surface area contributed by atoms with E-state index >= 15 is 0 Å². The third-order valence-corrected chi connectivity index (χ3v) is 3.28. The molecule has 5 heteroatoms. The van der Waals surface area contributed by atoms with Gasteiger partial charge in [-0.25, -0.2) is 4.98 Å². The SMILES string of the molecule is CCCCOC(=O)Cc1csc(-c2ccco2)n1. The summed E-state index contributed by atoms with van der Waals surface area (Å²) < 4.78 is 10.3. The second-order valence-electron chi connectivity index (χ2n) is 3.87. The van der Waals surface area contributed by atoms with Crippen molar-refractivity contribution in [1.82, 2.24) is 4.98 Å². The number of hydrogen-bond acceptors (Lipinski definition) is 5. The van der Waals surface area contributed by atoms with Crippen molar-refractivity contribution < 1.29 is 13.9 Å². The lowest BCUT2D eigenvalue weighted by Crippen LogP contribution is -2.09. The Bertz CT molecular complexity index is 490. The normalized spacial score (nSPS) is 10.5. The zero-order chi connectivity index (χ0) is 12.8. The maximum absolute atomic E-state index is 11.5. The van der Waals surface area contributed by atoms with Crippen LogP contribution in [0.1, 0.15) is 25.5 Å². The largest absolute Gasteiger partial charge is 0.465 e. The molecule has 4 nitrogen and oxygen atoms in total. The summed E-state index contributed by atoms with van der Waals surface area (Å²) in [5, 5.41) is 2.65. The third-order valence-electron chi connectivity index (χ3n) is 2.37. The lowest BCUT2D eigenvalue weighted by Gasteiger charge is -2.01. The zero-order valence-corrected chi connectivity index (χ0v) is 11.0. The number of furan rings is 1. The predicted molar refractivity (Wildman–Crippen MR) is 69.4 cm³/mol. The molecule has 0 fully saturated rings. The molecule has 0 aliphatic carbocycles. The van der Waals surface area contributed by atoms with Crippen molar-refractivity contribution in [2.45, 2.75) is 26.2 Å². The van der Waals surface area contributed by atoms with Crippen LogP contribution in [0.5, 0.6) is 0 Å². The van der Waals surface area contributed by atoms with Gasteiger partial charge in [0, 0.05) is 5.38 Å². The number of ether oxygens (including phenoxy) is 1. The van der Waals surface area contributed by atoms with Gasteiger partial charge in [-0.05, 0) is 18.6 Å². The second kappa shape index (κ2) is 6.35. The highest BCUT2D eigenvalue weighted by molar-refractivity contribution is 7.13. The fourth-order valence-electron chi connectivity index (χ4n) is 1.43. The van der Waals surface area contributed by atoms with E-state index in [9.17, 15) is 4.79 Å². The molecule has 0 N–H and O–H groups in total. The minimum absolute atomic E-state index is 0.222. The number of carbonyl (C=O) groups excluding carboxylic acids is 1. The molecule has 0 unspecified atom stereocenters. The first-order chi connectivity index (χ1) is 8.79. The lowest BCUT2D eigenvalue weighted by molar-refractivity contribution is -0.142. The monoisotopic (exact) mass is 265 g/mol. The molecular weight excluding hydrogens is 250 g/mol. The predicted octanol–water partition coefficient (Wildman–Crippen LogP) is 3.29. The van der Waals surface area contributed by atoms with Gasteiger partial charge in [-0.2, -0.15) is 0 Å². The van der Waals surface area contributed by atoms with E-state index in [1.54, 1.807) is 6.26 Å². The average molecular weight is 265 g/mol. The van der Waals surface area contributed by atoms with E-state index in [-0.39, 0.29) is 12.4 Å². The summed E-state index contributed by atoms with van der Waals surface area (Å²) in [6.07, 6.45) is 3.75. The van der Waals surface area contributed by atoms with Crippen molar-refractivity contribution in [3.8, 4) is 10.8 Å². The molecule has 0 aromatic carbocycles. The molecule has 2 aromatic rings. The van der Waals surface area contributed by atoms with Crippen LogP contribution in [0.25, 0.3) is 10.8 Å². The van der Waals surface area contributed by atoms with E-state index in [2.05, 4.69) is 11.9 Å². The van der Waals surface area contributed by atoms with Gasteiger partial charge in [0.2, 0.25) is 0 Å². The number of carbonyl (C=O) groups is 1. The topological polar surface area (TPSA) is 52.3 Å². The summed E-state index contributed by atoms with van der Waals surface area (Å²) in [6, 6.07) is 3.66. The van der Waals surface area contributed by atoms with Gasteiger partial charge in [0.1, 0.15) is 0 Å². The van der Waals surface area contributed by atoms with E-state index in [1.807, 2.05) is 17.5 Å². The van der Waals surface area contributed by atoms with Gasteiger partial charge in [0.25, 0.3) is 0 Å². The quantitative estimate of drug-likeness (QED) is 0.594. The molecule has 0 radical (unpaired) electrons. The number of rotatable bonds is 6. The first-order valence-corrected chi connectivity index (χ1v) is 6.81. The third kappa shape index (κ3) is 3.43. The van der Waals surface area contributed by atoms with Crippen LogP contribution in [0.15, 0.2) is 28.2 Å². The molecule has 0 saturated carbocycles. The van der Waals surface area contributed by atoms with Gasteiger partial charge in [-0.3, -0.25) is 4.79 Å². The first kappa shape index (κ1) is 12.8. The Kier molecular flexibility index (Phi) is 4.52. The minimum atomic E-state index is -0.222. The summed E-state index contributed by atoms with van der Waals surface area (Å²) in [5.74, 6) is 0.505. The van der Waals surface area contributed by atoms with Crippen molar-refractivity contribution in [2.24, 2.45) is 0 Å². The van der Waals surface area contributed by atoms with Crippen molar-refractivity contribution in [1.29, 1.82) is 0 Å². The highest BCUT2D eigenvalue weighted by Gasteiger charge is 2.11. The number of aromatic nitrogens is 1. The highest BCUT2D eigenvalue weighted by atomic mass is 32.1. The van der Waals surface area contributed by atoms with Crippen LogP contribution in [0.2, 0.25) is 0 Å². The van der Waals surface area contributed by atoms with Crippen molar-refractivity contribution in [3.63, 3.8) is 0 Å². The molecule has 96 valence electrons. The number of hydrogen-bond donors (Lipinski definition) is 0. The second-order valence-corrected chi connectivity index (χ2v) is 4.73. The molecule has 0 amide bonds. The van der Waals surface area contributed by atoms with Gasteiger partial charge in [-0.1, -0.05) is 13.3 Å². The fourth-order valence-corrected chi connectivity index (χ4v) is 2.22. The zero-order valence-electron chi connectivity index (χ0n) is 10.2. The van der Waals surface area contributed by atoms with Crippen LogP contribution in [-0.2, 0) is 16.0 Å². The molecule has 18 heavy (non-hydrogen) atoms. The maximum Gasteiger partial charge on any atom is 0.311 e. The highest BCUT2D eigenvalue weighted by Crippen LogP contribution is 2.24. The molecular formula is C13H15NO3S. The van der Waals surface area contributed by atoms with Crippen LogP contribution in [-0.4, -0.2) is 17.6 Å². The van der Waals surface area contributed by atoms with Crippen LogP contribution in [0, 0.1) is 0 Å². The molecule has 0 aliphatic rings. The maximum atomic E-state index is 11.5. The standard InChI is InChI=1S/C13H15NO3S/c1-2-3-6-17-12(15)8-10-9-18-13(14-10)11-5-4-7-16-11/h4-5,7,9H,2-3,6,8H2,1H3. The van der Waals surface area contributed by atoms with E-state index in [0.29, 0.717) is 6.61 Å². The van der Waals surface area contributed by atoms with Crippen molar-refractivity contribution in [3.05, 3.63) is 29.5 Å². The van der Waals surface area contributed by atoms with Gasteiger partial charge in [0.15, 0.2) is 10.8 Å². The lowest BCUT2D eigenvalue weighted by atomic mass is 10.3. The Hall–Kier alpha value is -1.62.